The lowest BCUT2D eigenvalue weighted by Crippen LogP contribution is -1.99. The molecule has 2 rings (SSSR count). The minimum Gasteiger partial charge on any atom is -0.493 e. The van der Waals surface area contributed by atoms with Gasteiger partial charge in [0, 0.05) is 5.56 Å². The zero-order valence-electron chi connectivity index (χ0n) is 8.09. The van der Waals surface area contributed by atoms with E-state index in [2.05, 4.69) is 0 Å². The fourth-order valence-corrected chi connectivity index (χ4v) is 1.81. The van der Waals surface area contributed by atoms with Crippen LogP contribution < -0.4 is 4.74 Å². The van der Waals surface area contributed by atoms with Crippen molar-refractivity contribution in [2.24, 2.45) is 0 Å². The third-order valence-electron chi connectivity index (χ3n) is 2.50. The van der Waals surface area contributed by atoms with Gasteiger partial charge in [0.05, 0.1) is 12.7 Å². The smallest absolute Gasteiger partial charge is 0.128 e. The van der Waals surface area contributed by atoms with Crippen LogP contribution in [-0.2, 0) is 0 Å². The van der Waals surface area contributed by atoms with Crippen molar-refractivity contribution in [2.75, 3.05) is 6.61 Å². The maximum Gasteiger partial charge on any atom is 0.128 e. The number of aliphatic hydroxyl groups excluding tert-OH is 1. The van der Waals surface area contributed by atoms with Gasteiger partial charge in [-0.1, -0.05) is 0 Å². The van der Waals surface area contributed by atoms with Crippen molar-refractivity contribution < 1.29 is 14.2 Å². The Morgan fingerprint density at radius 2 is 2.29 bits per heavy atom. The molecule has 1 aliphatic rings. The second-order valence-electron chi connectivity index (χ2n) is 3.65. The van der Waals surface area contributed by atoms with Gasteiger partial charge < -0.3 is 9.84 Å². The van der Waals surface area contributed by atoms with E-state index in [0.717, 1.165) is 12.0 Å². The molecule has 0 radical (unpaired) electrons. The molecular weight excluding hydrogens is 183 g/mol. The minimum atomic E-state index is -0.595. The third kappa shape index (κ3) is 1.60. The summed E-state index contributed by atoms with van der Waals surface area (Å²) in [5.74, 6) is 0.335. The molecule has 1 heterocycles. The highest BCUT2D eigenvalue weighted by Gasteiger charge is 2.19. The van der Waals surface area contributed by atoms with E-state index in [9.17, 15) is 9.50 Å². The van der Waals surface area contributed by atoms with Gasteiger partial charge in [-0.15, -0.1) is 0 Å². The highest BCUT2D eigenvalue weighted by atomic mass is 19.1. The van der Waals surface area contributed by atoms with E-state index in [4.69, 9.17) is 4.74 Å². The van der Waals surface area contributed by atoms with E-state index in [1.54, 1.807) is 6.92 Å². The maximum atomic E-state index is 13.1. The molecule has 76 valence electrons. The first-order valence-electron chi connectivity index (χ1n) is 4.79. The van der Waals surface area contributed by atoms with Gasteiger partial charge in [0.15, 0.2) is 0 Å². The van der Waals surface area contributed by atoms with Crippen molar-refractivity contribution in [2.45, 2.75) is 25.9 Å². The van der Waals surface area contributed by atoms with Gasteiger partial charge in [0.25, 0.3) is 0 Å². The quantitative estimate of drug-likeness (QED) is 0.690. The summed E-state index contributed by atoms with van der Waals surface area (Å²) in [6.45, 7) is 2.39. The lowest BCUT2D eigenvalue weighted by molar-refractivity contribution is 0.167. The standard InChI is InChI=1S/C11H13FO2/c1-7-5-8(12)6-9-10(13)3-2-4-14-11(7)9/h5-6,10,13H,2-4H2,1H3/t10-/m1/s1. The Morgan fingerprint density at radius 3 is 3.07 bits per heavy atom. The molecule has 1 aliphatic heterocycles. The molecule has 0 unspecified atom stereocenters. The van der Waals surface area contributed by atoms with Crippen molar-refractivity contribution in [1.82, 2.24) is 0 Å². The predicted molar refractivity (Wildman–Crippen MR) is 50.8 cm³/mol. The molecule has 0 fully saturated rings. The number of aryl methyl sites for hydroxylation is 1. The molecule has 1 atom stereocenters. The lowest BCUT2D eigenvalue weighted by atomic mass is 10.0. The molecule has 0 aliphatic carbocycles. The number of hydrogen-bond donors (Lipinski definition) is 1. The van der Waals surface area contributed by atoms with Gasteiger partial charge in [-0.25, -0.2) is 4.39 Å². The van der Waals surface area contributed by atoms with Gasteiger partial charge in [-0.2, -0.15) is 0 Å². The number of rotatable bonds is 0. The normalized spacial score (nSPS) is 20.9. The van der Waals surface area contributed by atoms with E-state index in [-0.39, 0.29) is 5.82 Å². The van der Waals surface area contributed by atoms with Crippen molar-refractivity contribution in [1.29, 1.82) is 0 Å². The molecule has 2 nitrogen and oxygen atoms in total. The summed E-state index contributed by atoms with van der Waals surface area (Å²) in [6, 6.07) is 2.79. The zero-order valence-corrected chi connectivity index (χ0v) is 8.09. The number of hydrogen-bond acceptors (Lipinski definition) is 2. The fourth-order valence-electron chi connectivity index (χ4n) is 1.81. The second-order valence-corrected chi connectivity index (χ2v) is 3.65. The van der Waals surface area contributed by atoms with E-state index in [1.165, 1.54) is 12.1 Å². The van der Waals surface area contributed by atoms with Crippen LogP contribution in [0.1, 0.15) is 30.1 Å². The second kappa shape index (κ2) is 3.58. The van der Waals surface area contributed by atoms with E-state index < -0.39 is 6.10 Å². The van der Waals surface area contributed by atoms with Crippen LogP contribution >= 0.6 is 0 Å². The highest BCUT2D eigenvalue weighted by Crippen LogP contribution is 2.34. The van der Waals surface area contributed by atoms with Crippen LogP contribution in [0.4, 0.5) is 4.39 Å². The summed E-state index contributed by atoms with van der Waals surface area (Å²) in [5, 5.41) is 9.74. The highest BCUT2D eigenvalue weighted by molar-refractivity contribution is 5.43. The van der Waals surface area contributed by atoms with E-state index >= 15 is 0 Å². The van der Waals surface area contributed by atoms with Gasteiger partial charge in [-0.05, 0) is 37.5 Å². The molecule has 14 heavy (non-hydrogen) atoms. The summed E-state index contributed by atoms with van der Waals surface area (Å²) < 4.78 is 18.6. The van der Waals surface area contributed by atoms with Crippen LogP contribution in [0.25, 0.3) is 0 Å². The van der Waals surface area contributed by atoms with Gasteiger partial charge in [-0.3, -0.25) is 0 Å². The Balaban J connectivity index is 2.53. The summed E-state index contributed by atoms with van der Waals surface area (Å²) >= 11 is 0. The summed E-state index contributed by atoms with van der Waals surface area (Å²) in [5.41, 5.74) is 1.33. The van der Waals surface area contributed by atoms with Gasteiger partial charge in [0.1, 0.15) is 11.6 Å². The van der Waals surface area contributed by atoms with Gasteiger partial charge in [0.2, 0.25) is 0 Å². The van der Waals surface area contributed by atoms with Crippen molar-refractivity contribution in [3.63, 3.8) is 0 Å². The average molecular weight is 196 g/mol. The molecule has 0 bridgehead atoms. The average Bonchev–Trinajstić information content (AvgIpc) is 2.29. The topological polar surface area (TPSA) is 29.5 Å². The Hall–Kier alpha value is -1.09. The van der Waals surface area contributed by atoms with Crippen LogP contribution in [-0.4, -0.2) is 11.7 Å². The molecule has 1 N–H and O–H groups in total. The van der Waals surface area contributed by atoms with E-state index in [0.29, 0.717) is 24.3 Å². The van der Waals surface area contributed by atoms with Gasteiger partial charge >= 0.3 is 0 Å². The van der Waals surface area contributed by atoms with Crippen LogP contribution in [0.3, 0.4) is 0 Å². The number of benzene rings is 1. The maximum absolute atomic E-state index is 13.1. The Morgan fingerprint density at radius 1 is 1.50 bits per heavy atom. The summed E-state index contributed by atoms with van der Waals surface area (Å²) in [4.78, 5) is 0. The van der Waals surface area contributed by atoms with Crippen molar-refractivity contribution >= 4 is 0 Å². The first-order valence-corrected chi connectivity index (χ1v) is 4.79. The Labute approximate surface area is 82.3 Å². The molecule has 0 saturated heterocycles. The van der Waals surface area contributed by atoms with E-state index in [1.807, 2.05) is 0 Å². The zero-order chi connectivity index (χ0) is 10.1. The van der Waals surface area contributed by atoms with Crippen LogP contribution in [0, 0.1) is 12.7 Å². The molecule has 0 saturated carbocycles. The number of aliphatic hydroxyl groups is 1. The lowest BCUT2D eigenvalue weighted by Gasteiger charge is -2.13. The molecule has 3 heteroatoms. The fraction of sp³-hybridized carbons (Fsp3) is 0.455. The van der Waals surface area contributed by atoms with Crippen molar-refractivity contribution in [3.05, 3.63) is 29.1 Å². The molecular formula is C11H13FO2. The molecule has 0 amide bonds. The van der Waals surface area contributed by atoms with Crippen LogP contribution in [0.2, 0.25) is 0 Å². The molecule has 1 aromatic carbocycles. The van der Waals surface area contributed by atoms with Crippen LogP contribution in [0.15, 0.2) is 12.1 Å². The number of ether oxygens (including phenoxy) is 1. The predicted octanol–water partition coefficient (Wildman–Crippen LogP) is 2.34. The first-order chi connectivity index (χ1) is 6.68. The molecule has 0 spiro atoms. The van der Waals surface area contributed by atoms with Crippen molar-refractivity contribution in [3.8, 4) is 5.75 Å². The third-order valence-corrected chi connectivity index (χ3v) is 2.50. The largest absolute Gasteiger partial charge is 0.493 e. The first kappa shape index (κ1) is 9.46. The number of fused-ring (bicyclic) bond motifs is 1. The Bertz CT molecular complexity index is 349. The summed E-state index contributed by atoms with van der Waals surface area (Å²) in [6.07, 6.45) is 0.842. The monoisotopic (exact) mass is 196 g/mol. The SMILES string of the molecule is Cc1cc(F)cc2c1OCCC[C@H]2O. The number of halogens is 1. The van der Waals surface area contributed by atoms with Crippen LogP contribution in [0.5, 0.6) is 5.75 Å². The molecule has 1 aromatic rings. The summed E-state index contributed by atoms with van der Waals surface area (Å²) in [7, 11) is 0. The Kier molecular flexibility index (Phi) is 2.42. The minimum absolute atomic E-state index is 0.314. The molecule has 0 aromatic heterocycles.